The van der Waals surface area contributed by atoms with Gasteiger partial charge in [0.15, 0.2) is 0 Å². The second kappa shape index (κ2) is 4.41. The van der Waals surface area contributed by atoms with Gasteiger partial charge in [-0.3, -0.25) is 4.90 Å². The third-order valence-corrected chi connectivity index (χ3v) is 3.73. The molecule has 0 aromatic heterocycles. The van der Waals surface area contributed by atoms with Crippen molar-refractivity contribution in [2.24, 2.45) is 0 Å². The van der Waals surface area contributed by atoms with E-state index in [4.69, 9.17) is 0 Å². The molecule has 1 aliphatic rings. The van der Waals surface area contributed by atoms with E-state index >= 15 is 0 Å². The van der Waals surface area contributed by atoms with Gasteiger partial charge in [0.25, 0.3) is 0 Å². The molecular weight excluding hydrogens is 213 g/mol. The average Bonchev–Trinajstić information content (AvgIpc) is 2.65. The zero-order valence-electron chi connectivity index (χ0n) is 11.3. The molecule has 1 heterocycles. The first kappa shape index (κ1) is 12.6. The lowest BCUT2D eigenvalue weighted by Crippen LogP contribution is -2.39. The van der Waals surface area contributed by atoms with Gasteiger partial charge in [0.2, 0.25) is 0 Å². The summed E-state index contributed by atoms with van der Waals surface area (Å²) in [6, 6.07) is 5.62. The molecule has 2 heteroatoms. The van der Waals surface area contributed by atoms with Gasteiger partial charge in [0, 0.05) is 18.0 Å². The Kier molecular flexibility index (Phi) is 3.26. The molecule has 0 amide bonds. The summed E-state index contributed by atoms with van der Waals surface area (Å²) in [4.78, 5) is 2.44. The van der Waals surface area contributed by atoms with Gasteiger partial charge in [-0.25, -0.2) is 4.39 Å². The van der Waals surface area contributed by atoms with Gasteiger partial charge in [0.1, 0.15) is 5.82 Å². The molecule has 0 N–H and O–H groups in total. The molecule has 0 radical (unpaired) electrons. The SMILES string of the molecule is Cc1ccc(C2CCN(C(C)(C)C)C2)c(F)c1. The Morgan fingerprint density at radius 1 is 1.29 bits per heavy atom. The van der Waals surface area contributed by atoms with Crippen molar-refractivity contribution >= 4 is 0 Å². The molecule has 0 bridgehead atoms. The minimum Gasteiger partial charge on any atom is -0.298 e. The highest BCUT2D eigenvalue weighted by atomic mass is 19.1. The fraction of sp³-hybridized carbons (Fsp3) is 0.600. The molecule has 1 saturated heterocycles. The van der Waals surface area contributed by atoms with Gasteiger partial charge in [0.05, 0.1) is 0 Å². The first-order valence-electron chi connectivity index (χ1n) is 6.39. The minimum atomic E-state index is -0.0363. The van der Waals surface area contributed by atoms with Gasteiger partial charge in [-0.1, -0.05) is 12.1 Å². The van der Waals surface area contributed by atoms with Gasteiger partial charge < -0.3 is 0 Å². The smallest absolute Gasteiger partial charge is 0.126 e. The number of benzene rings is 1. The third-order valence-electron chi connectivity index (χ3n) is 3.73. The van der Waals surface area contributed by atoms with Crippen molar-refractivity contribution in [3.63, 3.8) is 0 Å². The lowest BCUT2D eigenvalue weighted by molar-refractivity contribution is 0.172. The van der Waals surface area contributed by atoms with E-state index in [2.05, 4.69) is 25.7 Å². The highest BCUT2D eigenvalue weighted by molar-refractivity contribution is 5.27. The lowest BCUT2D eigenvalue weighted by atomic mass is 9.96. The standard InChI is InChI=1S/C15H22FN/c1-11-5-6-13(14(16)9-11)12-7-8-17(10-12)15(2,3)4/h5-6,9,12H,7-8,10H2,1-4H3. The summed E-state index contributed by atoms with van der Waals surface area (Å²) in [7, 11) is 0. The zero-order valence-corrected chi connectivity index (χ0v) is 11.3. The van der Waals surface area contributed by atoms with Crippen molar-refractivity contribution in [2.75, 3.05) is 13.1 Å². The van der Waals surface area contributed by atoms with Crippen LogP contribution in [0.4, 0.5) is 4.39 Å². The Bertz CT molecular complexity index is 406. The molecule has 0 spiro atoms. The summed E-state index contributed by atoms with van der Waals surface area (Å²) in [5, 5.41) is 0. The second-order valence-corrected chi connectivity index (χ2v) is 6.13. The molecule has 1 atom stereocenters. The number of hydrogen-bond donors (Lipinski definition) is 0. The number of hydrogen-bond acceptors (Lipinski definition) is 1. The summed E-state index contributed by atoms with van der Waals surface area (Å²) in [6.07, 6.45) is 1.07. The molecule has 1 aromatic carbocycles. The Morgan fingerprint density at radius 3 is 2.53 bits per heavy atom. The van der Waals surface area contributed by atoms with E-state index in [-0.39, 0.29) is 11.4 Å². The van der Waals surface area contributed by atoms with Crippen LogP contribution >= 0.6 is 0 Å². The third kappa shape index (κ3) is 2.68. The highest BCUT2D eigenvalue weighted by Gasteiger charge is 2.31. The van der Waals surface area contributed by atoms with Crippen molar-refractivity contribution in [2.45, 2.75) is 45.6 Å². The number of rotatable bonds is 1. The summed E-state index contributed by atoms with van der Waals surface area (Å²) < 4.78 is 13.9. The summed E-state index contributed by atoms with van der Waals surface area (Å²) in [6.45, 7) is 10.6. The monoisotopic (exact) mass is 235 g/mol. The maximum absolute atomic E-state index is 13.9. The fourth-order valence-electron chi connectivity index (χ4n) is 2.59. The van der Waals surface area contributed by atoms with Crippen molar-refractivity contribution in [1.82, 2.24) is 4.90 Å². The van der Waals surface area contributed by atoms with Crippen LogP contribution in [0.25, 0.3) is 0 Å². The van der Waals surface area contributed by atoms with Crippen LogP contribution in [0.2, 0.25) is 0 Å². The molecule has 1 unspecified atom stereocenters. The largest absolute Gasteiger partial charge is 0.298 e. The molecular formula is C15H22FN. The van der Waals surface area contributed by atoms with Crippen LogP contribution in [0.1, 0.15) is 44.2 Å². The van der Waals surface area contributed by atoms with Crippen LogP contribution < -0.4 is 0 Å². The maximum Gasteiger partial charge on any atom is 0.126 e. The van der Waals surface area contributed by atoms with E-state index in [1.165, 1.54) is 0 Å². The molecule has 0 saturated carbocycles. The maximum atomic E-state index is 13.9. The topological polar surface area (TPSA) is 3.24 Å². The summed E-state index contributed by atoms with van der Waals surface area (Å²) in [5.74, 6) is 0.320. The average molecular weight is 235 g/mol. The van der Waals surface area contributed by atoms with Crippen molar-refractivity contribution in [3.05, 3.63) is 35.1 Å². The summed E-state index contributed by atoms with van der Waals surface area (Å²) in [5.41, 5.74) is 2.08. The Hall–Kier alpha value is -0.890. The number of nitrogens with zero attached hydrogens (tertiary/aromatic N) is 1. The van der Waals surface area contributed by atoms with E-state index in [0.29, 0.717) is 5.92 Å². The summed E-state index contributed by atoms with van der Waals surface area (Å²) >= 11 is 0. The van der Waals surface area contributed by atoms with Crippen LogP contribution in [-0.4, -0.2) is 23.5 Å². The van der Waals surface area contributed by atoms with E-state index in [1.54, 1.807) is 6.07 Å². The van der Waals surface area contributed by atoms with Crippen LogP contribution in [0.15, 0.2) is 18.2 Å². The van der Waals surface area contributed by atoms with Crippen molar-refractivity contribution in [3.8, 4) is 0 Å². The Labute approximate surface area is 104 Å². The quantitative estimate of drug-likeness (QED) is 0.717. The van der Waals surface area contributed by atoms with E-state index in [9.17, 15) is 4.39 Å². The number of halogens is 1. The van der Waals surface area contributed by atoms with E-state index in [0.717, 1.165) is 30.6 Å². The Morgan fingerprint density at radius 2 is 2.00 bits per heavy atom. The molecule has 94 valence electrons. The molecule has 1 aliphatic heterocycles. The molecule has 1 aromatic rings. The molecule has 2 rings (SSSR count). The lowest BCUT2D eigenvalue weighted by Gasteiger charge is -2.31. The number of aryl methyl sites for hydroxylation is 1. The second-order valence-electron chi connectivity index (χ2n) is 6.13. The van der Waals surface area contributed by atoms with Crippen LogP contribution in [0.3, 0.4) is 0 Å². The molecule has 0 aliphatic carbocycles. The van der Waals surface area contributed by atoms with Crippen LogP contribution in [0, 0.1) is 12.7 Å². The normalized spacial score (nSPS) is 22.1. The predicted octanol–water partition coefficient (Wildman–Crippen LogP) is 3.72. The van der Waals surface area contributed by atoms with Crippen LogP contribution in [-0.2, 0) is 0 Å². The highest BCUT2D eigenvalue weighted by Crippen LogP contribution is 2.32. The Balaban J connectivity index is 2.15. The molecule has 1 fully saturated rings. The van der Waals surface area contributed by atoms with E-state index < -0.39 is 0 Å². The molecule has 1 nitrogen and oxygen atoms in total. The van der Waals surface area contributed by atoms with Gasteiger partial charge in [-0.2, -0.15) is 0 Å². The fourth-order valence-corrected chi connectivity index (χ4v) is 2.59. The first-order chi connectivity index (χ1) is 7.88. The van der Waals surface area contributed by atoms with Crippen molar-refractivity contribution in [1.29, 1.82) is 0 Å². The predicted molar refractivity (Wildman–Crippen MR) is 69.8 cm³/mol. The van der Waals surface area contributed by atoms with Gasteiger partial charge in [-0.15, -0.1) is 0 Å². The van der Waals surface area contributed by atoms with Gasteiger partial charge >= 0.3 is 0 Å². The van der Waals surface area contributed by atoms with Crippen molar-refractivity contribution < 1.29 is 4.39 Å². The first-order valence-corrected chi connectivity index (χ1v) is 6.39. The molecule has 17 heavy (non-hydrogen) atoms. The van der Waals surface area contributed by atoms with Crippen LogP contribution in [0.5, 0.6) is 0 Å². The van der Waals surface area contributed by atoms with Gasteiger partial charge in [-0.05, 0) is 57.9 Å². The zero-order chi connectivity index (χ0) is 12.6. The van der Waals surface area contributed by atoms with E-state index in [1.807, 2.05) is 19.1 Å². The minimum absolute atomic E-state index is 0.0363. The number of likely N-dealkylation sites (tertiary alicyclic amines) is 1.